The molecule has 1 unspecified atom stereocenters. The predicted molar refractivity (Wildman–Crippen MR) is 261 cm³/mol. The molecule has 61 heavy (non-hydrogen) atoms. The molecule has 1 atom stereocenters. The van der Waals surface area contributed by atoms with Gasteiger partial charge in [0.25, 0.3) is 0 Å². The molecule has 356 valence electrons. The summed E-state index contributed by atoms with van der Waals surface area (Å²) < 4.78 is 16.8. The van der Waals surface area contributed by atoms with Gasteiger partial charge < -0.3 is 14.2 Å². The maximum atomic E-state index is 12.8. The van der Waals surface area contributed by atoms with Crippen LogP contribution in [0.2, 0.25) is 0 Å². The molecule has 0 saturated heterocycles. The highest BCUT2D eigenvalue weighted by atomic mass is 16.6. The van der Waals surface area contributed by atoms with Crippen LogP contribution in [-0.4, -0.2) is 37.2 Å². The van der Waals surface area contributed by atoms with E-state index in [1.165, 1.54) is 148 Å². The number of carbonyl (C=O) groups is 3. The van der Waals surface area contributed by atoms with Gasteiger partial charge in [0.2, 0.25) is 0 Å². The minimum absolute atomic E-state index is 0.0774. The minimum atomic E-state index is -0.779. The van der Waals surface area contributed by atoms with Crippen molar-refractivity contribution in [2.24, 2.45) is 0 Å². The molecule has 0 fully saturated rings. The van der Waals surface area contributed by atoms with Gasteiger partial charge in [0, 0.05) is 19.3 Å². The van der Waals surface area contributed by atoms with Crippen molar-refractivity contribution >= 4 is 17.9 Å². The number of ether oxygens (including phenoxy) is 3. The molecular formula is C55H100O6. The van der Waals surface area contributed by atoms with Gasteiger partial charge in [-0.05, 0) is 70.6 Å². The average molecular weight is 857 g/mol. The quantitative estimate of drug-likeness (QED) is 0.0262. The van der Waals surface area contributed by atoms with Crippen LogP contribution in [0.1, 0.15) is 278 Å². The lowest BCUT2D eigenvalue weighted by atomic mass is 10.0. The fraction of sp³-hybridized carbons (Fsp3) is 0.836. The van der Waals surface area contributed by atoms with E-state index in [2.05, 4.69) is 57.2 Å². The molecule has 0 N–H and O–H groups in total. The third kappa shape index (κ3) is 48.5. The molecule has 0 radical (unpaired) electrons. The summed E-state index contributed by atoms with van der Waals surface area (Å²) in [4.78, 5) is 38.0. The Balaban J connectivity index is 4.38. The molecule has 6 heteroatoms. The van der Waals surface area contributed by atoms with Crippen molar-refractivity contribution in [3.8, 4) is 0 Å². The summed E-state index contributed by atoms with van der Waals surface area (Å²) in [6, 6.07) is 0. The van der Waals surface area contributed by atoms with E-state index in [1.54, 1.807) is 0 Å². The minimum Gasteiger partial charge on any atom is -0.462 e. The number of rotatable bonds is 48. The molecule has 0 aliphatic heterocycles. The topological polar surface area (TPSA) is 78.9 Å². The molecule has 0 aliphatic rings. The van der Waals surface area contributed by atoms with Crippen LogP contribution in [0.4, 0.5) is 0 Å². The SMILES string of the molecule is CCCC/C=C\C/C=C\CCCCCCCC(=O)OC(COC(=O)CCCCCCC/C=C\CCCCCCC)COC(=O)CCCCCCCCCCCCCCCCC. The first kappa shape index (κ1) is 58.6. The number of carbonyl (C=O) groups excluding carboxylic acids is 3. The van der Waals surface area contributed by atoms with E-state index in [1.807, 2.05) is 0 Å². The van der Waals surface area contributed by atoms with Gasteiger partial charge in [0.15, 0.2) is 6.10 Å². The lowest BCUT2D eigenvalue weighted by Gasteiger charge is -2.18. The number of hydrogen-bond acceptors (Lipinski definition) is 6. The lowest BCUT2D eigenvalue weighted by molar-refractivity contribution is -0.167. The summed E-state index contributed by atoms with van der Waals surface area (Å²) in [5, 5.41) is 0. The van der Waals surface area contributed by atoms with Gasteiger partial charge in [-0.3, -0.25) is 14.4 Å². The first-order valence-electron chi connectivity index (χ1n) is 26.5. The van der Waals surface area contributed by atoms with Crippen molar-refractivity contribution in [3.05, 3.63) is 36.5 Å². The number of unbranched alkanes of at least 4 members (excludes halogenated alkanes) is 31. The molecule has 0 aromatic carbocycles. The average Bonchev–Trinajstić information content (AvgIpc) is 3.26. The highest BCUT2D eigenvalue weighted by Gasteiger charge is 2.19. The van der Waals surface area contributed by atoms with Crippen LogP contribution in [0.25, 0.3) is 0 Å². The monoisotopic (exact) mass is 857 g/mol. The van der Waals surface area contributed by atoms with Crippen molar-refractivity contribution in [3.63, 3.8) is 0 Å². The van der Waals surface area contributed by atoms with Gasteiger partial charge in [-0.25, -0.2) is 0 Å². The van der Waals surface area contributed by atoms with E-state index in [-0.39, 0.29) is 31.1 Å². The van der Waals surface area contributed by atoms with Crippen LogP contribution >= 0.6 is 0 Å². The van der Waals surface area contributed by atoms with Crippen molar-refractivity contribution in [1.29, 1.82) is 0 Å². The molecular weight excluding hydrogens is 757 g/mol. The van der Waals surface area contributed by atoms with Gasteiger partial charge in [-0.1, -0.05) is 224 Å². The molecule has 0 aromatic heterocycles. The summed E-state index contributed by atoms with van der Waals surface area (Å²) in [6.07, 6.45) is 58.3. The van der Waals surface area contributed by atoms with Crippen molar-refractivity contribution in [1.82, 2.24) is 0 Å². The molecule has 0 saturated carbocycles. The second kappa shape index (κ2) is 50.3. The number of allylic oxidation sites excluding steroid dienone is 6. The van der Waals surface area contributed by atoms with Crippen LogP contribution in [0.3, 0.4) is 0 Å². The van der Waals surface area contributed by atoms with Crippen LogP contribution in [-0.2, 0) is 28.6 Å². The third-order valence-corrected chi connectivity index (χ3v) is 11.6. The first-order chi connectivity index (χ1) is 30.0. The standard InChI is InChI=1S/C55H100O6/c1-4-7-10-13-16-19-22-25-28-31-33-36-39-42-45-48-54(57)60-51-52(61-55(58)49-46-43-40-37-34-30-27-24-21-18-15-12-9-6-3)50-59-53(56)47-44-41-38-35-32-29-26-23-20-17-14-11-8-5-2/h15,18,23-24,26-27,52H,4-14,16-17,19-22,25,28-51H2,1-3H3/b18-15-,26-23-,27-24-. The van der Waals surface area contributed by atoms with Gasteiger partial charge in [0.1, 0.15) is 13.2 Å². The van der Waals surface area contributed by atoms with Crippen LogP contribution in [0.5, 0.6) is 0 Å². The first-order valence-corrected chi connectivity index (χ1v) is 26.5. The molecule has 0 bridgehead atoms. The molecule has 0 rings (SSSR count). The molecule has 0 aliphatic carbocycles. The Morgan fingerprint density at radius 1 is 0.328 bits per heavy atom. The number of hydrogen-bond donors (Lipinski definition) is 0. The van der Waals surface area contributed by atoms with E-state index in [0.29, 0.717) is 19.3 Å². The molecule has 0 amide bonds. The zero-order valence-corrected chi connectivity index (χ0v) is 40.7. The smallest absolute Gasteiger partial charge is 0.306 e. The normalized spacial score (nSPS) is 12.2. The highest BCUT2D eigenvalue weighted by molar-refractivity contribution is 5.71. The van der Waals surface area contributed by atoms with Crippen molar-refractivity contribution < 1.29 is 28.6 Å². The van der Waals surface area contributed by atoms with E-state index < -0.39 is 6.10 Å². The van der Waals surface area contributed by atoms with Crippen molar-refractivity contribution in [2.45, 2.75) is 284 Å². The molecule has 0 aromatic rings. The molecule has 6 nitrogen and oxygen atoms in total. The second-order valence-electron chi connectivity index (χ2n) is 17.8. The van der Waals surface area contributed by atoms with Crippen LogP contribution in [0.15, 0.2) is 36.5 Å². The second-order valence-corrected chi connectivity index (χ2v) is 17.8. The van der Waals surface area contributed by atoms with Crippen LogP contribution < -0.4 is 0 Å². The maximum absolute atomic E-state index is 12.8. The zero-order valence-electron chi connectivity index (χ0n) is 40.7. The predicted octanol–water partition coefficient (Wildman–Crippen LogP) is 17.3. The van der Waals surface area contributed by atoms with Crippen molar-refractivity contribution in [2.75, 3.05) is 13.2 Å². The third-order valence-electron chi connectivity index (χ3n) is 11.6. The van der Waals surface area contributed by atoms with Gasteiger partial charge in [-0.15, -0.1) is 0 Å². The Hall–Kier alpha value is -2.37. The Morgan fingerprint density at radius 3 is 0.967 bits per heavy atom. The zero-order chi connectivity index (χ0) is 44.4. The summed E-state index contributed by atoms with van der Waals surface area (Å²) in [7, 11) is 0. The van der Waals surface area contributed by atoms with E-state index in [0.717, 1.165) is 89.9 Å². The Morgan fingerprint density at radius 2 is 0.607 bits per heavy atom. The fourth-order valence-electron chi connectivity index (χ4n) is 7.57. The van der Waals surface area contributed by atoms with Gasteiger partial charge >= 0.3 is 17.9 Å². The summed E-state index contributed by atoms with van der Waals surface area (Å²) in [6.45, 7) is 6.59. The van der Waals surface area contributed by atoms with E-state index >= 15 is 0 Å². The van der Waals surface area contributed by atoms with Gasteiger partial charge in [-0.2, -0.15) is 0 Å². The van der Waals surface area contributed by atoms with Gasteiger partial charge in [0.05, 0.1) is 0 Å². The molecule has 0 heterocycles. The fourth-order valence-corrected chi connectivity index (χ4v) is 7.57. The molecule has 0 spiro atoms. The highest BCUT2D eigenvalue weighted by Crippen LogP contribution is 2.15. The van der Waals surface area contributed by atoms with E-state index in [4.69, 9.17) is 14.2 Å². The number of esters is 3. The summed E-state index contributed by atoms with van der Waals surface area (Å²) >= 11 is 0. The Kier molecular flexibility index (Phi) is 48.3. The summed E-state index contributed by atoms with van der Waals surface area (Å²) in [5.41, 5.74) is 0. The largest absolute Gasteiger partial charge is 0.462 e. The maximum Gasteiger partial charge on any atom is 0.306 e. The Bertz CT molecular complexity index is 1030. The van der Waals surface area contributed by atoms with Crippen LogP contribution in [0, 0.1) is 0 Å². The van der Waals surface area contributed by atoms with E-state index in [9.17, 15) is 14.4 Å². The summed E-state index contributed by atoms with van der Waals surface area (Å²) in [5.74, 6) is -0.889. The lowest BCUT2D eigenvalue weighted by Crippen LogP contribution is -2.30. The Labute approximate surface area is 378 Å².